The van der Waals surface area contributed by atoms with E-state index in [1.54, 1.807) is 0 Å². The Kier molecular flexibility index (Phi) is 4.86. The van der Waals surface area contributed by atoms with E-state index in [0.29, 0.717) is 0 Å². The maximum absolute atomic E-state index is 6.43. The van der Waals surface area contributed by atoms with Crippen LogP contribution in [0.5, 0.6) is 0 Å². The van der Waals surface area contributed by atoms with Gasteiger partial charge in [-0.3, -0.25) is 9.88 Å². The second kappa shape index (κ2) is 7.43. The van der Waals surface area contributed by atoms with Gasteiger partial charge in [-0.2, -0.15) is 0 Å². The van der Waals surface area contributed by atoms with Crippen molar-refractivity contribution in [2.24, 2.45) is 0 Å². The number of nitrogens with zero attached hydrogens (tertiary/aromatic N) is 3. The number of hydrogen-bond acceptors (Lipinski definition) is 5. The summed E-state index contributed by atoms with van der Waals surface area (Å²) in [6, 6.07) is 6.27. The van der Waals surface area contributed by atoms with Gasteiger partial charge >= 0.3 is 0 Å². The third kappa shape index (κ3) is 3.43. The Hall–Kier alpha value is -2.44. The van der Waals surface area contributed by atoms with Crippen LogP contribution in [0.4, 0.5) is 5.69 Å². The van der Waals surface area contributed by atoms with E-state index in [1.165, 1.54) is 11.3 Å². The van der Waals surface area contributed by atoms with E-state index in [9.17, 15) is 0 Å². The Morgan fingerprint density at radius 1 is 1.19 bits per heavy atom. The molecule has 0 unspecified atom stereocenters. The predicted octanol–water partition coefficient (Wildman–Crippen LogP) is 2.99. The van der Waals surface area contributed by atoms with Crippen molar-refractivity contribution in [2.75, 3.05) is 32.0 Å². The highest BCUT2D eigenvalue weighted by atomic mass is 16.5. The van der Waals surface area contributed by atoms with Crippen molar-refractivity contribution in [3.8, 4) is 11.3 Å². The Balaban J connectivity index is 1.57. The Morgan fingerprint density at radius 3 is 2.77 bits per heavy atom. The van der Waals surface area contributed by atoms with Crippen molar-refractivity contribution in [1.82, 2.24) is 19.9 Å². The number of nitrogens with one attached hydrogen (secondary N) is 1. The van der Waals surface area contributed by atoms with Crippen molar-refractivity contribution in [2.45, 2.75) is 26.3 Å². The number of H-pyrrole nitrogens is 1. The number of nitrogen functional groups attached to an aromatic ring is 1. The lowest BCUT2D eigenvalue weighted by Gasteiger charge is -2.26. The summed E-state index contributed by atoms with van der Waals surface area (Å²) < 4.78 is 5.40. The molecule has 1 saturated heterocycles. The van der Waals surface area contributed by atoms with E-state index in [-0.39, 0.29) is 0 Å². The fraction of sp³-hybridized carbons (Fsp3) is 0.400. The zero-order valence-electron chi connectivity index (χ0n) is 15.2. The van der Waals surface area contributed by atoms with Crippen LogP contribution in [0, 0.1) is 0 Å². The monoisotopic (exact) mass is 351 g/mol. The summed E-state index contributed by atoms with van der Waals surface area (Å²) in [5.74, 6) is 0. The number of anilines is 1. The van der Waals surface area contributed by atoms with Gasteiger partial charge in [-0.25, -0.2) is 4.98 Å². The molecule has 6 heteroatoms. The number of ether oxygens (including phenoxy) is 1. The summed E-state index contributed by atoms with van der Waals surface area (Å²) >= 11 is 0. The number of aryl methyl sites for hydroxylation is 1. The van der Waals surface area contributed by atoms with Crippen molar-refractivity contribution in [3.05, 3.63) is 41.9 Å². The van der Waals surface area contributed by atoms with Crippen molar-refractivity contribution in [1.29, 1.82) is 0 Å². The van der Waals surface area contributed by atoms with E-state index < -0.39 is 0 Å². The van der Waals surface area contributed by atoms with Crippen LogP contribution in [0.2, 0.25) is 0 Å². The van der Waals surface area contributed by atoms with Gasteiger partial charge in [0.05, 0.1) is 24.6 Å². The molecule has 0 radical (unpaired) electrons. The first-order valence-electron chi connectivity index (χ1n) is 9.26. The Bertz CT molecular complexity index is 881. The van der Waals surface area contributed by atoms with Crippen LogP contribution >= 0.6 is 0 Å². The largest absolute Gasteiger partial charge is 0.398 e. The van der Waals surface area contributed by atoms with Crippen molar-refractivity contribution < 1.29 is 4.74 Å². The number of aromatic nitrogens is 3. The van der Waals surface area contributed by atoms with E-state index >= 15 is 0 Å². The summed E-state index contributed by atoms with van der Waals surface area (Å²) in [5.41, 5.74) is 12.1. The zero-order chi connectivity index (χ0) is 17.9. The number of hydrogen-bond donors (Lipinski definition) is 2. The van der Waals surface area contributed by atoms with Gasteiger partial charge in [0, 0.05) is 48.7 Å². The summed E-state index contributed by atoms with van der Waals surface area (Å²) in [7, 11) is 0. The van der Waals surface area contributed by atoms with Crippen LogP contribution in [0.15, 0.2) is 30.6 Å². The number of fused-ring (bicyclic) bond motifs is 1. The molecule has 1 aliphatic heterocycles. The summed E-state index contributed by atoms with van der Waals surface area (Å²) in [6.07, 6.45) is 5.84. The average molecular weight is 351 g/mol. The Morgan fingerprint density at radius 2 is 2.04 bits per heavy atom. The number of morpholine rings is 1. The maximum Gasteiger partial charge on any atom is 0.139 e. The molecule has 0 amide bonds. The van der Waals surface area contributed by atoms with Gasteiger partial charge in [0.15, 0.2) is 0 Å². The minimum absolute atomic E-state index is 0.738. The molecule has 0 aliphatic carbocycles. The molecule has 4 heterocycles. The van der Waals surface area contributed by atoms with Crippen LogP contribution in [0.1, 0.15) is 24.6 Å². The fourth-order valence-corrected chi connectivity index (χ4v) is 3.45. The van der Waals surface area contributed by atoms with Crippen LogP contribution in [-0.4, -0.2) is 46.2 Å². The van der Waals surface area contributed by atoms with Crippen LogP contribution in [-0.2, 0) is 17.7 Å². The fourth-order valence-electron chi connectivity index (χ4n) is 3.45. The molecular formula is C20H25N5O. The molecule has 0 spiro atoms. The Labute approximate surface area is 153 Å². The van der Waals surface area contributed by atoms with Gasteiger partial charge in [-0.1, -0.05) is 19.4 Å². The van der Waals surface area contributed by atoms with E-state index in [2.05, 4.69) is 38.9 Å². The number of pyridine rings is 2. The first kappa shape index (κ1) is 17.0. The number of nitrogens with two attached hydrogens (primary N) is 1. The minimum atomic E-state index is 0.738. The molecule has 3 aromatic heterocycles. The SMILES string of the molecule is CCCc1cc2c(N)c(-c3ccc(CN4CCOCC4)cn3)cnc2[nH]1. The third-order valence-electron chi connectivity index (χ3n) is 4.89. The third-order valence-corrected chi connectivity index (χ3v) is 4.89. The summed E-state index contributed by atoms with van der Waals surface area (Å²) in [6.45, 7) is 6.64. The first-order valence-corrected chi connectivity index (χ1v) is 9.26. The molecule has 26 heavy (non-hydrogen) atoms. The second-order valence-corrected chi connectivity index (χ2v) is 6.83. The normalized spacial score (nSPS) is 15.6. The quantitative estimate of drug-likeness (QED) is 0.739. The van der Waals surface area contributed by atoms with Gasteiger partial charge in [0.25, 0.3) is 0 Å². The second-order valence-electron chi connectivity index (χ2n) is 6.83. The van der Waals surface area contributed by atoms with E-state index in [1.807, 2.05) is 18.5 Å². The topological polar surface area (TPSA) is 80.1 Å². The molecule has 0 aromatic carbocycles. The van der Waals surface area contributed by atoms with E-state index in [0.717, 1.165) is 73.7 Å². The van der Waals surface area contributed by atoms with Gasteiger partial charge in [0.2, 0.25) is 0 Å². The summed E-state index contributed by atoms with van der Waals surface area (Å²) in [5, 5.41) is 0.977. The lowest BCUT2D eigenvalue weighted by atomic mass is 10.1. The molecular weight excluding hydrogens is 326 g/mol. The lowest BCUT2D eigenvalue weighted by molar-refractivity contribution is 0.0341. The number of rotatable bonds is 5. The molecule has 3 N–H and O–H groups in total. The molecule has 6 nitrogen and oxygen atoms in total. The minimum Gasteiger partial charge on any atom is -0.398 e. The number of aromatic amines is 1. The highest BCUT2D eigenvalue weighted by Crippen LogP contribution is 2.30. The standard InChI is InChI=1S/C20H25N5O/c1-2-3-15-10-16-19(21)17(12-23-20(16)24-15)18-5-4-14(11-22-18)13-25-6-8-26-9-7-25/h4-5,10-12H,2-3,6-9,13H2,1H3,(H3,21,23,24). The smallest absolute Gasteiger partial charge is 0.139 e. The van der Waals surface area contributed by atoms with Crippen LogP contribution < -0.4 is 5.73 Å². The zero-order valence-corrected chi connectivity index (χ0v) is 15.2. The lowest BCUT2D eigenvalue weighted by Crippen LogP contribution is -2.35. The molecule has 0 atom stereocenters. The van der Waals surface area contributed by atoms with Crippen molar-refractivity contribution >= 4 is 16.7 Å². The molecule has 0 bridgehead atoms. The predicted molar refractivity (Wildman–Crippen MR) is 104 cm³/mol. The maximum atomic E-state index is 6.43. The molecule has 136 valence electrons. The summed E-state index contributed by atoms with van der Waals surface area (Å²) in [4.78, 5) is 14.9. The molecule has 1 aliphatic rings. The van der Waals surface area contributed by atoms with Crippen molar-refractivity contribution in [3.63, 3.8) is 0 Å². The van der Waals surface area contributed by atoms with Gasteiger partial charge in [-0.15, -0.1) is 0 Å². The molecule has 0 saturated carbocycles. The van der Waals surface area contributed by atoms with Gasteiger partial charge < -0.3 is 15.5 Å². The van der Waals surface area contributed by atoms with Crippen LogP contribution in [0.25, 0.3) is 22.3 Å². The van der Waals surface area contributed by atoms with Gasteiger partial charge in [-0.05, 0) is 24.1 Å². The highest BCUT2D eigenvalue weighted by Gasteiger charge is 2.13. The molecule has 1 fully saturated rings. The van der Waals surface area contributed by atoms with Crippen LogP contribution in [0.3, 0.4) is 0 Å². The molecule has 4 rings (SSSR count). The average Bonchev–Trinajstić information content (AvgIpc) is 3.08. The van der Waals surface area contributed by atoms with E-state index in [4.69, 9.17) is 10.5 Å². The highest BCUT2D eigenvalue weighted by molar-refractivity contribution is 5.96. The molecule has 3 aromatic rings. The first-order chi connectivity index (χ1) is 12.7. The van der Waals surface area contributed by atoms with Gasteiger partial charge in [0.1, 0.15) is 5.65 Å².